The summed E-state index contributed by atoms with van der Waals surface area (Å²) >= 11 is 7.54. The maximum Gasteiger partial charge on any atom is 1.00 e. The molecule has 2 aliphatic rings. The summed E-state index contributed by atoms with van der Waals surface area (Å²) in [5.41, 5.74) is 1.90. The molecule has 14 heteroatoms. The van der Waals surface area contributed by atoms with E-state index in [1.807, 2.05) is 43.3 Å². The number of halogens is 1. The van der Waals surface area contributed by atoms with Crippen LogP contribution in [0.5, 0.6) is 5.75 Å². The summed E-state index contributed by atoms with van der Waals surface area (Å²) in [4.78, 5) is 1.50. The first-order chi connectivity index (χ1) is 17.9. The molecule has 0 aromatic heterocycles. The van der Waals surface area contributed by atoms with Gasteiger partial charge in [0.25, 0.3) is 0 Å². The van der Waals surface area contributed by atoms with Gasteiger partial charge in [0.15, 0.2) is 28.6 Å². The summed E-state index contributed by atoms with van der Waals surface area (Å²) in [7, 11) is -9.20. The van der Waals surface area contributed by atoms with E-state index in [1.165, 1.54) is 11.8 Å². The SMILES string of the molecule is CCC(=CC1Sc2ccc(Cl)cc2[NH+]1CS(=O)(=O)[O-])C=C1Oc2ccc3ccccc3c2[NH+]1CS(=O)(=O)[O-].[Na+]. The molecule has 3 aromatic rings. The van der Waals surface area contributed by atoms with Crippen LogP contribution in [0.4, 0.5) is 11.4 Å². The summed E-state index contributed by atoms with van der Waals surface area (Å²) < 4.78 is 76.8. The molecule has 0 saturated heterocycles. The van der Waals surface area contributed by atoms with Crippen LogP contribution in [0.15, 0.2) is 83.1 Å². The first kappa shape index (κ1) is 30.5. The summed E-state index contributed by atoms with van der Waals surface area (Å²) in [6.07, 6.45) is 4.00. The van der Waals surface area contributed by atoms with Crippen molar-refractivity contribution in [3.05, 3.63) is 83.2 Å². The Hall–Kier alpha value is -1.42. The third-order valence-corrected chi connectivity index (χ3v) is 9.16. The molecule has 200 valence electrons. The monoisotopic (exact) mass is 617 g/mol. The van der Waals surface area contributed by atoms with Crippen molar-refractivity contribution in [3.63, 3.8) is 0 Å². The average molecular weight is 618 g/mol. The third kappa shape index (κ3) is 6.91. The Morgan fingerprint density at radius 3 is 2.46 bits per heavy atom. The Labute approximate surface area is 258 Å². The van der Waals surface area contributed by atoms with Crippen LogP contribution in [0.2, 0.25) is 5.02 Å². The Morgan fingerprint density at radius 1 is 1.05 bits per heavy atom. The summed E-state index contributed by atoms with van der Waals surface area (Å²) in [5, 5.41) is 1.61. The number of hydrogen-bond acceptors (Lipinski definition) is 8. The van der Waals surface area contributed by atoms with Crippen molar-refractivity contribution in [2.45, 2.75) is 23.6 Å². The van der Waals surface area contributed by atoms with Crippen LogP contribution in [0.3, 0.4) is 0 Å². The van der Waals surface area contributed by atoms with Crippen molar-refractivity contribution in [2.75, 3.05) is 11.8 Å². The Morgan fingerprint density at radius 2 is 1.77 bits per heavy atom. The van der Waals surface area contributed by atoms with E-state index in [4.69, 9.17) is 16.3 Å². The van der Waals surface area contributed by atoms with Gasteiger partial charge in [-0.25, -0.2) is 21.7 Å². The van der Waals surface area contributed by atoms with E-state index in [0.717, 1.165) is 21.2 Å². The predicted molar refractivity (Wildman–Crippen MR) is 143 cm³/mol. The summed E-state index contributed by atoms with van der Waals surface area (Å²) in [6.45, 7) is 1.89. The molecule has 3 unspecified atom stereocenters. The van der Waals surface area contributed by atoms with Gasteiger partial charge in [0.1, 0.15) is 25.9 Å². The van der Waals surface area contributed by atoms with E-state index in [0.29, 0.717) is 33.5 Å². The maximum atomic E-state index is 11.9. The van der Waals surface area contributed by atoms with Gasteiger partial charge in [-0.2, -0.15) is 0 Å². The van der Waals surface area contributed by atoms with Gasteiger partial charge in [-0.1, -0.05) is 54.6 Å². The zero-order chi connectivity index (χ0) is 27.2. The number of quaternary nitrogens is 2. The molecule has 0 amide bonds. The molecule has 0 radical (unpaired) electrons. The van der Waals surface area contributed by atoms with E-state index < -0.39 is 37.4 Å². The van der Waals surface area contributed by atoms with Gasteiger partial charge in [0.2, 0.25) is 0 Å². The molecular formula is C25H23ClN2NaO7S3+. The molecule has 9 nitrogen and oxygen atoms in total. The number of fused-ring (bicyclic) bond motifs is 4. The zero-order valence-electron chi connectivity index (χ0n) is 21.0. The van der Waals surface area contributed by atoms with Gasteiger partial charge < -0.3 is 13.8 Å². The minimum absolute atomic E-state index is 0. The Bertz CT molecular complexity index is 1710. The van der Waals surface area contributed by atoms with E-state index >= 15 is 0 Å². The Kier molecular flexibility index (Phi) is 9.26. The van der Waals surface area contributed by atoms with Gasteiger partial charge in [-0.15, -0.1) is 0 Å². The number of allylic oxidation sites excluding steroid dienone is 2. The molecule has 2 aliphatic heterocycles. The fourth-order valence-electron chi connectivity index (χ4n) is 4.72. The van der Waals surface area contributed by atoms with Crippen LogP contribution in [0, 0.1) is 0 Å². The molecule has 0 saturated carbocycles. The van der Waals surface area contributed by atoms with Crippen LogP contribution in [-0.2, 0) is 20.2 Å². The fraction of sp³-hybridized carbons (Fsp3) is 0.200. The number of thioether (sulfide) groups is 1. The molecule has 0 bridgehead atoms. The van der Waals surface area contributed by atoms with Gasteiger partial charge in [0, 0.05) is 22.6 Å². The van der Waals surface area contributed by atoms with Crippen LogP contribution in [0.1, 0.15) is 13.3 Å². The van der Waals surface area contributed by atoms with E-state index in [1.54, 1.807) is 30.3 Å². The van der Waals surface area contributed by atoms with Crippen molar-refractivity contribution in [1.29, 1.82) is 0 Å². The average Bonchev–Trinajstić information content (AvgIpc) is 3.34. The normalized spacial score (nSPS) is 21.9. The van der Waals surface area contributed by atoms with E-state index in [-0.39, 0.29) is 40.3 Å². The van der Waals surface area contributed by atoms with Crippen molar-refractivity contribution < 1.29 is 70.0 Å². The number of hydrogen-bond donors (Lipinski definition) is 2. The smallest absolute Gasteiger partial charge is 0.744 e. The third-order valence-electron chi connectivity index (χ3n) is 6.34. The molecule has 0 aliphatic carbocycles. The minimum atomic E-state index is -4.64. The summed E-state index contributed by atoms with van der Waals surface area (Å²) in [5.74, 6) is -0.719. The molecule has 3 aromatic carbocycles. The van der Waals surface area contributed by atoms with Crippen molar-refractivity contribution in [3.8, 4) is 5.75 Å². The quantitative estimate of drug-likeness (QED) is 0.261. The van der Waals surface area contributed by atoms with Crippen LogP contribution < -0.4 is 44.1 Å². The first-order valence-corrected chi connectivity index (χ1v) is 16.0. The molecule has 3 atom stereocenters. The molecule has 2 heterocycles. The number of rotatable bonds is 7. The minimum Gasteiger partial charge on any atom is -0.744 e. The molecule has 39 heavy (non-hydrogen) atoms. The first-order valence-electron chi connectivity index (χ1n) is 11.6. The molecular weight excluding hydrogens is 595 g/mol. The predicted octanol–water partition coefficient (Wildman–Crippen LogP) is -0.762. The molecule has 0 fully saturated rings. The van der Waals surface area contributed by atoms with Crippen LogP contribution in [-0.4, -0.2) is 43.1 Å². The van der Waals surface area contributed by atoms with Gasteiger partial charge >= 0.3 is 35.4 Å². The largest absolute Gasteiger partial charge is 1.00 e. The van der Waals surface area contributed by atoms with Gasteiger partial charge in [-0.3, -0.25) is 4.90 Å². The standard InChI is InChI=1S/C25H23ClN2O7S3.Na/c1-2-16(12-24-27(14-37(29,30)31)20-13-18(26)8-10-22(20)36-24)11-23-28(15-38(32,33)34)25-19-6-4-3-5-17(19)7-9-21(25)35-23;/h3-13,24H,2,14-15H2,1H3,(H,29,30,31)(H,32,33,34);/q;+1. The second-order valence-corrected chi connectivity index (χ2v) is 13.4. The van der Waals surface area contributed by atoms with Gasteiger partial charge in [-0.05, 0) is 47.7 Å². The maximum absolute atomic E-state index is 11.9. The van der Waals surface area contributed by atoms with Crippen molar-refractivity contribution in [2.24, 2.45) is 0 Å². The molecule has 5 rings (SSSR count). The second-order valence-electron chi connectivity index (χ2n) is 8.95. The molecule has 2 N–H and O–H groups in total. The number of nitrogens with one attached hydrogen (secondary N) is 2. The molecule has 0 spiro atoms. The fourth-order valence-corrected chi connectivity index (χ4v) is 7.69. The van der Waals surface area contributed by atoms with Crippen molar-refractivity contribution >= 4 is 65.7 Å². The number of benzene rings is 3. The number of ether oxygens (including phenoxy) is 1. The van der Waals surface area contributed by atoms with E-state index in [9.17, 15) is 25.9 Å². The van der Waals surface area contributed by atoms with Crippen LogP contribution >= 0.6 is 23.4 Å². The van der Waals surface area contributed by atoms with E-state index in [2.05, 4.69) is 0 Å². The summed E-state index contributed by atoms with van der Waals surface area (Å²) in [6, 6.07) is 16.2. The van der Waals surface area contributed by atoms with Crippen LogP contribution in [0.25, 0.3) is 10.8 Å². The zero-order valence-corrected chi connectivity index (χ0v) is 26.2. The second kappa shape index (κ2) is 11.8. The van der Waals surface area contributed by atoms with Crippen molar-refractivity contribution in [1.82, 2.24) is 0 Å². The Balaban J connectivity index is 0.00000353. The van der Waals surface area contributed by atoms with Gasteiger partial charge in [0.05, 0.1) is 4.90 Å². The topological polar surface area (TPSA) is 133 Å².